The molecule has 3 aromatic rings. The molecule has 1 N–H and O–H groups in total. The first-order valence-corrected chi connectivity index (χ1v) is 9.66. The van der Waals surface area contributed by atoms with Crippen LogP contribution in [0.15, 0.2) is 53.1 Å². The van der Waals surface area contributed by atoms with Crippen molar-refractivity contribution in [1.82, 2.24) is 15.0 Å². The third-order valence-corrected chi connectivity index (χ3v) is 4.50. The van der Waals surface area contributed by atoms with E-state index in [0.29, 0.717) is 40.8 Å². The van der Waals surface area contributed by atoms with E-state index >= 15 is 0 Å². The van der Waals surface area contributed by atoms with E-state index < -0.39 is 0 Å². The number of nitrogens with one attached hydrogen (secondary N) is 1. The molecular formula is C21H20ClFN4O3. The molecule has 0 bridgehead atoms. The number of anilines is 1. The van der Waals surface area contributed by atoms with Crippen LogP contribution in [-0.4, -0.2) is 40.4 Å². The molecule has 0 aliphatic heterocycles. The van der Waals surface area contributed by atoms with E-state index in [1.54, 1.807) is 43.4 Å². The number of aromatic nitrogens is 2. The maximum absolute atomic E-state index is 13.0. The van der Waals surface area contributed by atoms with Crippen molar-refractivity contribution in [3.63, 3.8) is 0 Å². The first kappa shape index (κ1) is 21.4. The number of rotatable bonds is 8. The molecule has 3 rings (SSSR count). The van der Waals surface area contributed by atoms with E-state index in [0.717, 1.165) is 0 Å². The SMILES string of the molecule is CN(CC(=O)Nc1cccc(Cl)c1)C(=O)CCCc1nc(-c2ccc(F)cc2)no1. The molecule has 30 heavy (non-hydrogen) atoms. The van der Waals surface area contributed by atoms with Crippen molar-refractivity contribution in [3.8, 4) is 11.4 Å². The number of carbonyl (C=O) groups is 2. The van der Waals surface area contributed by atoms with Gasteiger partial charge < -0.3 is 14.7 Å². The van der Waals surface area contributed by atoms with Crippen molar-refractivity contribution in [3.05, 3.63) is 65.3 Å². The van der Waals surface area contributed by atoms with Gasteiger partial charge in [-0.3, -0.25) is 9.59 Å². The van der Waals surface area contributed by atoms with Gasteiger partial charge in [0.1, 0.15) is 5.82 Å². The van der Waals surface area contributed by atoms with Gasteiger partial charge in [-0.1, -0.05) is 22.8 Å². The number of aryl methyl sites for hydroxylation is 1. The topological polar surface area (TPSA) is 88.3 Å². The fourth-order valence-corrected chi connectivity index (χ4v) is 2.91. The predicted molar refractivity (Wildman–Crippen MR) is 110 cm³/mol. The molecule has 156 valence electrons. The van der Waals surface area contributed by atoms with Gasteiger partial charge in [0.15, 0.2) is 0 Å². The van der Waals surface area contributed by atoms with Gasteiger partial charge in [-0.05, 0) is 48.9 Å². The first-order valence-electron chi connectivity index (χ1n) is 9.28. The Bertz CT molecular complexity index is 1020. The maximum atomic E-state index is 13.0. The summed E-state index contributed by atoms with van der Waals surface area (Å²) in [5.74, 6) is -0.0653. The van der Waals surface area contributed by atoms with Crippen LogP contribution in [0.1, 0.15) is 18.7 Å². The Morgan fingerprint density at radius 2 is 1.97 bits per heavy atom. The molecule has 1 aromatic heterocycles. The number of carbonyl (C=O) groups excluding carboxylic acids is 2. The molecule has 0 unspecified atom stereocenters. The van der Waals surface area contributed by atoms with Crippen LogP contribution < -0.4 is 5.32 Å². The summed E-state index contributed by atoms with van der Waals surface area (Å²) in [6, 6.07) is 12.6. The summed E-state index contributed by atoms with van der Waals surface area (Å²) in [5.41, 5.74) is 1.22. The largest absolute Gasteiger partial charge is 0.339 e. The molecule has 2 amide bonds. The third-order valence-electron chi connectivity index (χ3n) is 4.27. The Morgan fingerprint density at radius 1 is 1.20 bits per heavy atom. The van der Waals surface area contributed by atoms with Crippen LogP contribution >= 0.6 is 11.6 Å². The van der Waals surface area contributed by atoms with E-state index in [1.807, 2.05) is 0 Å². The molecule has 0 saturated heterocycles. The highest BCUT2D eigenvalue weighted by atomic mass is 35.5. The average molecular weight is 431 g/mol. The minimum absolute atomic E-state index is 0.0688. The summed E-state index contributed by atoms with van der Waals surface area (Å²) >= 11 is 5.89. The van der Waals surface area contributed by atoms with Crippen LogP contribution in [0.4, 0.5) is 10.1 Å². The normalized spacial score (nSPS) is 10.6. The standard InChI is InChI=1S/C21H20ClFN4O3/c1-27(13-18(28)24-17-5-2-4-15(22)12-17)20(29)7-3-6-19-25-21(26-30-19)14-8-10-16(23)11-9-14/h2,4-5,8-12H,3,6-7,13H2,1H3,(H,24,28). The summed E-state index contributed by atoms with van der Waals surface area (Å²) in [7, 11) is 1.57. The molecule has 0 spiro atoms. The molecule has 9 heteroatoms. The van der Waals surface area contributed by atoms with Crippen LogP contribution in [0.3, 0.4) is 0 Å². The van der Waals surface area contributed by atoms with E-state index in [2.05, 4.69) is 15.5 Å². The van der Waals surface area contributed by atoms with E-state index in [4.69, 9.17) is 16.1 Å². The monoisotopic (exact) mass is 430 g/mol. The second-order valence-electron chi connectivity index (χ2n) is 6.68. The fourth-order valence-electron chi connectivity index (χ4n) is 2.72. The average Bonchev–Trinajstić information content (AvgIpc) is 3.17. The summed E-state index contributed by atoms with van der Waals surface area (Å²) < 4.78 is 18.2. The summed E-state index contributed by atoms with van der Waals surface area (Å²) in [6.45, 7) is -0.0688. The second-order valence-corrected chi connectivity index (χ2v) is 7.12. The Balaban J connectivity index is 1.43. The molecule has 0 fully saturated rings. The minimum atomic E-state index is -0.341. The number of hydrogen-bond acceptors (Lipinski definition) is 5. The lowest BCUT2D eigenvalue weighted by Crippen LogP contribution is -2.34. The van der Waals surface area contributed by atoms with Gasteiger partial charge in [-0.2, -0.15) is 4.98 Å². The Kier molecular flexibility index (Phi) is 7.13. The highest BCUT2D eigenvalue weighted by Crippen LogP contribution is 2.17. The Hall–Kier alpha value is -3.26. The maximum Gasteiger partial charge on any atom is 0.243 e. The Labute approximate surface area is 177 Å². The van der Waals surface area contributed by atoms with Crippen molar-refractivity contribution in [2.75, 3.05) is 18.9 Å². The molecule has 0 aliphatic carbocycles. The van der Waals surface area contributed by atoms with Crippen LogP contribution in [0, 0.1) is 5.82 Å². The lowest BCUT2D eigenvalue weighted by molar-refractivity contribution is -0.133. The number of amides is 2. The molecular weight excluding hydrogens is 411 g/mol. The van der Waals surface area contributed by atoms with E-state index in [9.17, 15) is 14.0 Å². The van der Waals surface area contributed by atoms with Gasteiger partial charge in [0.25, 0.3) is 0 Å². The number of nitrogens with zero attached hydrogens (tertiary/aromatic N) is 3. The number of hydrogen-bond donors (Lipinski definition) is 1. The van der Waals surface area contributed by atoms with Gasteiger partial charge >= 0.3 is 0 Å². The van der Waals surface area contributed by atoms with Crippen molar-refractivity contribution in [2.45, 2.75) is 19.3 Å². The lowest BCUT2D eigenvalue weighted by Gasteiger charge is -2.16. The van der Waals surface area contributed by atoms with E-state index in [-0.39, 0.29) is 30.6 Å². The van der Waals surface area contributed by atoms with Crippen LogP contribution in [-0.2, 0) is 16.0 Å². The van der Waals surface area contributed by atoms with Crippen LogP contribution in [0.2, 0.25) is 5.02 Å². The smallest absolute Gasteiger partial charge is 0.243 e. The van der Waals surface area contributed by atoms with E-state index in [1.165, 1.54) is 17.0 Å². The highest BCUT2D eigenvalue weighted by molar-refractivity contribution is 6.30. The van der Waals surface area contributed by atoms with Gasteiger partial charge in [-0.15, -0.1) is 0 Å². The molecule has 0 saturated carbocycles. The molecule has 1 heterocycles. The van der Waals surface area contributed by atoms with Gasteiger partial charge in [0.2, 0.25) is 23.5 Å². The summed E-state index contributed by atoms with van der Waals surface area (Å²) in [5, 5.41) is 7.08. The number of benzene rings is 2. The molecule has 0 atom stereocenters. The zero-order valence-corrected chi connectivity index (χ0v) is 17.0. The van der Waals surface area contributed by atoms with Gasteiger partial charge in [-0.25, -0.2) is 4.39 Å². The Morgan fingerprint density at radius 3 is 2.70 bits per heavy atom. The zero-order chi connectivity index (χ0) is 21.5. The molecule has 0 radical (unpaired) electrons. The van der Waals surface area contributed by atoms with Crippen LogP contribution in [0.5, 0.6) is 0 Å². The van der Waals surface area contributed by atoms with Gasteiger partial charge in [0, 0.05) is 36.2 Å². The number of likely N-dealkylation sites (N-methyl/N-ethyl adjacent to an activating group) is 1. The first-order chi connectivity index (χ1) is 14.4. The third kappa shape index (κ3) is 6.12. The van der Waals surface area contributed by atoms with Crippen molar-refractivity contribution in [2.24, 2.45) is 0 Å². The van der Waals surface area contributed by atoms with Crippen LogP contribution in [0.25, 0.3) is 11.4 Å². The second kappa shape index (κ2) is 9.98. The van der Waals surface area contributed by atoms with Crippen molar-refractivity contribution < 1.29 is 18.5 Å². The molecule has 7 nitrogen and oxygen atoms in total. The van der Waals surface area contributed by atoms with Gasteiger partial charge in [0.05, 0.1) is 6.54 Å². The predicted octanol–water partition coefficient (Wildman–Crippen LogP) is 3.95. The fraction of sp³-hybridized carbons (Fsp3) is 0.238. The minimum Gasteiger partial charge on any atom is -0.339 e. The molecule has 0 aliphatic rings. The van der Waals surface area contributed by atoms with Crippen molar-refractivity contribution in [1.29, 1.82) is 0 Å². The summed E-state index contributed by atoms with van der Waals surface area (Å²) in [6.07, 6.45) is 1.14. The zero-order valence-electron chi connectivity index (χ0n) is 16.3. The highest BCUT2D eigenvalue weighted by Gasteiger charge is 2.14. The lowest BCUT2D eigenvalue weighted by atomic mass is 10.2. The quantitative estimate of drug-likeness (QED) is 0.584. The van der Waals surface area contributed by atoms with Crippen molar-refractivity contribution >= 4 is 29.1 Å². The summed E-state index contributed by atoms with van der Waals surface area (Å²) in [4.78, 5) is 30.0. The molecule has 2 aromatic carbocycles. The number of halogens is 2.